The van der Waals surface area contributed by atoms with Crippen LogP contribution >= 0.6 is 0 Å². The fraction of sp³-hybridized carbons (Fsp3) is 0.923. The molecule has 0 aromatic carbocycles. The summed E-state index contributed by atoms with van der Waals surface area (Å²) in [5.74, 6) is 0.394. The number of unbranched alkanes of at least 4 members (excludes halogenated alkanes) is 1. The summed E-state index contributed by atoms with van der Waals surface area (Å²) in [6, 6.07) is 0.574. The number of hydrogen-bond acceptors (Lipinski definition) is 3. The molecule has 0 aliphatic carbocycles. The van der Waals surface area contributed by atoms with E-state index in [4.69, 9.17) is 10.5 Å². The van der Waals surface area contributed by atoms with Gasteiger partial charge in [0.05, 0.1) is 6.10 Å². The Kier molecular flexibility index (Phi) is 6.52. The molecule has 1 amide bonds. The van der Waals surface area contributed by atoms with E-state index in [0.717, 1.165) is 38.8 Å². The van der Waals surface area contributed by atoms with Gasteiger partial charge in [0.15, 0.2) is 0 Å². The van der Waals surface area contributed by atoms with Gasteiger partial charge in [0.2, 0.25) is 5.91 Å². The minimum Gasteiger partial charge on any atom is -0.378 e. The number of nitrogens with one attached hydrogen (secondary N) is 1. The number of carbonyl (C=O) groups excluding carboxylic acids is 1. The van der Waals surface area contributed by atoms with Crippen molar-refractivity contribution in [2.24, 2.45) is 11.7 Å². The quantitative estimate of drug-likeness (QED) is 0.664. The van der Waals surface area contributed by atoms with Gasteiger partial charge >= 0.3 is 0 Å². The fourth-order valence-electron chi connectivity index (χ4n) is 2.21. The number of ether oxygens (including phenoxy) is 1. The highest BCUT2D eigenvalue weighted by Gasteiger charge is 2.24. The highest BCUT2D eigenvalue weighted by Crippen LogP contribution is 2.20. The van der Waals surface area contributed by atoms with Crippen molar-refractivity contribution >= 4 is 5.91 Å². The first kappa shape index (κ1) is 14.5. The van der Waals surface area contributed by atoms with E-state index >= 15 is 0 Å². The number of rotatable bonds is 7. The van der Waals surface area contributed by atoms with Gasteiger partial charge in [-0.3, -0.25) is 4.79 Å². The monoisotopic (exact) mass is 242 g/mol. The number of hydrogen-bond donors (Lipinski definition) is 2. The number of nitrogens with two attached hydrogens (primary N) is 1. The molecule has 1 saturated heterocycles. The van der Waals surface area contributed by atoms with Crippen molar-refractivity contribution in [3.63, 3.8) is 0 Å². The Balaban J connectivity index is 2.08. The maximum absolute atomic E-state index is 10.6. The van der Waals surface area contributed by atoms with Crippen molar-refractivity contribution in [1.82, 2.24) is 5.32 Å². The minimum atomic E-state index is -0.198. The predicted molar refractivity (Wildman–Crippen MR) is 68.6 cm³/mol. The van der Waals surface area contributed by atoms with Crippen LogP contribution in [0.2, 0.25) is 0 Å². The second kappa shape index (κ2) is 7.67. The summed E-state index contributed by atoms with van der Waals surface area (Å²) in [5.41, 5.74) is 5.09. The van der Waals surface area contributed by atoms with Crippen LogP contribution in [0.3, 0.4) is 0 Å². The lowest BCUT2D eigenvalue weighted by Gasteiger charge is -2.32. The lowest BCUT2D eigenvalue weighted by Crippen LogP contribution is -2.41. The normalized spacial score (nSPS) is 25.1. The predicted octanol–water partition coefficient (Wildman–Crippen LogP) is 1.44. The smallest absolute Gasteiger partial charge is 0.217 e. The maximum atomic E-state index is 10.6. The Morgan fingerprint density at radius 1 is 1.47 bits per heavy atom. The summed E-state index contributed by atoms with van der Waals surface area (Å²) in [6.45, 7) is 6.25. The van der Waals surface area contributed by atoms with Crippen LogP contribution in [0.5, 0.6) is 0 Å². The van der Waals surface area contributed by atoms with Crippen LogP contribution in [-0.2, 0) is 9.53 Å². The molecule has 17 heavy (non-hydrogen) atoms. The Labute approximate surface area is 104 Å². The van der Waals surface area contributed by atoms with Crippen molar-refractivity contribution in [2.75, 3.05) is 13.2 Å². The van der Waals surface area contributed by atoms with Crippen molar-refractivity contribution in [3.8, 4) is 0 Å². The molecule has 0 radical (unpaired) electrons. The van der Waals surface area contributed by atoms with Gasteiger partial charge in [0.1, 0.15) is 0 Å². The standard InChI is InChI=1S/C13H26N2O2/c1-10(2)12-9-11(6-8-17-12)15-7-4-3-5-13(14)16/h10-12,15H,3-9H2,1-2H3,(H2,14,16). The van der Waals surface area contributed by atoms with Crippen LogP contribution in [0.4, 0.5) is 0 Å². The molecule has 0 bridgehead atoms. The van der Waals surface area contributed by atoms with E-state index in [-0.39, 0.29) is 5.91 Å². The van der Waals surface area contributed by atoms with Crippen LogP contribution in [-0.4, -0.2) is 31.2 Å². The van der Waals surface area contributed by atoms with Crippen LogP contribution in [0.15, 0.2) is 0 Å². The third-order valence-electron chi connectivity index (χ3n) is 3.34. The summed E-state index contributed by atoms with van der Waals surface area (Å²) in [7, 11) is 0. The fourth-order valence-corrected chi connectivity index (χ4v) is 2.21. The second-order valence-electron chi connectivity index (χ2n) is 5.25. The van der Waals surface area contributed by atoms with E-state index in [1.807, 2.05) is 0 Å². The first-order valence-corrected chi connectivity index (χ1v) is 6.73. The first-order valence-electron chi connectivity index (χ1n) is 6.73. The van der Waals surface area contributed by atoms with Gasteiger partial charge in [0.25, 0.3) is 0 Å². The average molecular weight is 242 g/mol. The molecular weight excluding hydrogens is 216 g/mol. The van der Waals surface area contributed by atoms with E-state index < -0.39 is 0 Å². The van der Waals surface area contributed by atoms with Gasteiger partial charge in [-0.15, -0.1) is 0 Å². The van der Waals surface area contributed by atoms with Crippen LogP contribution in [0.1, 0.15) is 46.0 Å². The van der Waals surface area contributed by atoms with Gasteiger partial charge in [-0.2, -0.15) is 0 Å². The summed E-state index contributed by atoms with van der Waals surface area (Å²) < 4.78 is 5.73. The van der Waals surface area contributed by atoms with E-state index in [2.05, 4.69) is 19.2 Å². The number of primary amides is 1. The molecule has 1 aliphatic heterocycles. The van der Waals surface area contributed by atoms with Gasteiger partial charge in [-0.25, -0.2) is 0 Å². The molecule has 1 rings (SSSR count). The average Bonchev–Trinajstić information content (AvgIpc) is 2.28. The molecule has 2 unspecified atom stereocenters. The Hall–Kier alpha value is -0.610. The van der Waals surface area contributed by atoms with Gasteiger partial charge in [0, 0.05) is 19.1 Å². The zero-order valence-electron chi connectivity index (χ0n) is 11.1. The first-order chi connectivity index (χ1) is 8.09. The zero-order chi connectivity index (χ0) is 12.7. The molecule has 1 heterocycles. The molecule has 0 saturated carbocycles. The van der Waals surface area contributed by atoms with Crippen LogP contribution < -0.4 is 11.1 Å². The highest BCUT2D eigenvalue weighted by atomic mass is 16.5. The lowest BCUT2D eigenvalue weighted by molar-refractivity contribution is -0.118. The second-order valence-corrected chi connectivity index (χ2v) is 5.25. The Bertz CT molecular complexity index is 231. The summed E-state index contributed by atoms with van der Waals surface area (Å²) in [5, 5.41) is 3.55. The molecule has 4 nitrogen and oxygen atoms in total. The molecule has 3 N–H and O–H groups in total. The maximum Gasteiger partial charge on any atom is 0.217 e. The molecule has 4 heteroatoms. The van der Waals surface area contributed by atoms with E-state index in [0.29, 0.717) is 24.5 Å². The van der Waals surface area contributed by atoms with Gasteiger partial charge in [-0.1, -0.05) is 13.8 Å². The van der Waals surface area contributed by atoms with Gasteiger partial charge in [-0.05, 0) is 38.1 Å². The van der Waals surface area contributed by atoms with E-state index in [9.17, 15) is 4.79 Å². The third-order valence-corrected chi connectivity index (χ3v) is 3.34. The molecule has 1 aliphatic rings. The molecule has 100 valence electrons. The van der Waals surface area contributed by atoms with Crippen LogP contribution in [0, 0.1) is 5.92 Å². The van der Waals surface area contributed by atoms with Crippen molar-refractivity contribution in [2.45, 2.75) is 58.1 Å². The molecule has 0 spiro atoms. The summed E-state index contributed by atoms with van der Waals surface area (Å²) in [4.78, 5) is 10.6. The topological polar surface area (TPSA) is 64.3 Å². The van der Waals surface area contributed by atoms with Crippen molar-refractivity contribution < 1.29 is 9.53 Å². The van der Waals surface area contributed by atoms with Crippen molar-refractivity contribution in [3.05, 3.63) is 0 Å². The largest absolute Gasteiger partial charge is 0.378 e. The molecule has 2 atom stereocenters. The highest BCUT2D eigenvalue weighted by molar-refractivity contribution is 5.73. The number of amides is 1. The molecular formula is C13H26N2O2. The Morgan fingerprint density at radius 3 is 2.88 bits per heavy atom. The molecule has 0 aromatic rings. The van der Waals surface area contributed by atoms with Crippen molar-refractivity contribution in [1.29, 1.82) is 0 Å². The Morgan fingerprint density at radius 2 is 2.24 bits per heavy atom. The SMILES string of the molecule is CC(C)C1CC(NCCCCC(N)=O)CCO1. The minimum absolute atomic E-state index is 0.198. The lowest BCUT2D eigenvalue weighted by atomic mass is 9.95. The number of carbonyl (C=O) groups is 1. The zero-order valence-corrected chi connectivity index (χ0v) is 11.1. The van der Waals surface area contributed by atoms with Crippen LogP contribution in [0.25, 0.3) is 0 Å². The van der Waals surface area contributed by atoms with E-state index in [1.54, 1.807) is 0 Å². The van der Waals surface area contributed by atoms with E-state index in [1.165, 1.54) is 0 Å². The van der Waals surface area contributed by atoms with Gasteiger partial charge < -0.3 is 15.8 Å². The third kappa shape index (κ3) is 6.03. The molecule has 0 aromatic heterocycles. The molecule has 1 fully saturated rings. The summed E-state index contributed by atoms with van der Waals surface area (Å²) in [6.07, 6.45) is 5.01. The summed E-state index contributed by atoms with van der Waals surface area (Å²) >= 11 is 0.